The summed E-state index contributed by atoms with van der Waals surface area (Å²) in [5, 5.41) is 12.2. The van der Waals surface area contributed by atoms with Crippen LogP contribution < -0.4 is 5.32 Å². The molecule has 1 saturated carbocycles. The highest BCUT2D eigenvalue weighted by Gasteiger charge is 2.50. The number of hydrogen-bond donors (Lipinski definition) is 2. The molecule has 4 nitrogen and oxygen atoms in total. The normalized spacial score (nSPS) is 28.1. The summed E-state index contributed by atoms with van der Waals surface area (Å²) in [4.78, 5) is 13.6. The Morgan fingerprint density at radius 2 is 2.33 bits per heavy atom. The van der Waals surface area contributed by atoms with Gasteiger partial charge in [-0.05, 0) is 25.3 Å². The standard InChI is InChI=1S/C11H20N2O2/c1-12-5-10(15)13-6-9(7-14)11(8-13)3-2-4-11/h9,12,14H,2-8H2,1H3/t9-/m1/s1. The zero-order chi connectivity index (χ0) is 10.9. The van der Waals surface area contributed by atoms with E-state index in [2.05, 4.69) is 5.32 Å². The molecule has 4 heteroatoms. The van der Waals surface area contributed by atoms with Gasteiger partial charge in [0.25, 0.3) is 0 Å². The molecule has 2 rings (SSSR count). The molecule has 1 heterocycles. The molecule has 2 N–H and O–H groups in total. The van der Waals surface area contributed by atoms with Crippen LogP contribution in [0.1, 0.15) is 19.3 Å². The second kappa shape index (κ2) is 4.10. The number of carbonyl (C=O) groups excluding carboxylic acids is 1. The molecule has 1 spiro atoms. The third-order valence-corrected chi connectivity index (χ3v) is 4.06. The Morgan fingerprint density at radius 3 is 2.73 bits per heavy atom. The number of hydrogen-bond acceptors (Lipinski definition) is 3. The highest BCUT2D eigenvalue weighted by atomic mass is 16.3. The Bertz CT molecular complexity index is 251. The molecule has 0 bridgehead atoms. The topological polar surface area (TPSA) is 52.6 Å². The fourth-order valence-corrected chi connectivity index (χ4v) is 2.94. The molecule has 0 unspecified atom stereocenters. The van der Waals surface area contributed by atoms with Gasteiger partial charge in [-0.15, -0.1) is 0 Å². The summed E-state index contributed by atoms with van der Waals surface area (Å²) in [6.07, 6.45) is 3.62. The van der Waals surface area contributed by atoms with Crippen LogP contribution in [0.15, 0.2) is 0 Å². The maximum absolute atomic E-state index is 11.7. The molecule has 0 aromatic heterocycles. The van der Waals surface area contributed by atoms with Gasteiger partial charge >= 0.3 is 0 Å². The molecule has 1 atom stereocenters. The van der Waals surface area contributed by atoms with E-state index in [4.69, 9.17) is 0 Å². The van der Waals surface area contributed by atoms with Crippen molar-refractivity contribution < 1.29 is 9.90 Å². The first-order valence-corrected chi connectivity index (χ1v) is 5.75. The van der Waals surface area contributed by atoms with Crippen LogP contribution in [0, 0.1) is 11.3 Å². The summed E-state index contributed by atoms with van der Waals surface area (Å²) in [5.41, 5.74) is 0.262. The maximum atomic E-state index is 11.7. The molecule has 1 saturated heterocycles. The van der Waals surface area contributed by atoms with Crippen molar-refractivity contribution in [3.63, 3.8) is 0 Å². The van der Waals surface area contributed by atoms with Crippen molar-refractivity contribution in [1.29, 1.82) is 0 Å². The summed E-state index contributed by atoms with van der Waals surface area (Å²) < 4.78 is 0. The highest BCUT2D eigenvalue weighted by molar-refractivity contribution is 5.78. The molecular weight excluding hydrogens is 192 g/mol. The number of carbonyl (C=O) groups is 1. The monoisotopic (exact) mass is 212 g/mol. The lowest BCUT2D eigenvalue weighted by Crippen LogP contribution is -2.40. The number of aliphatic hydroxyl groups is 1. The molecular formula is C11H20N2O2. The molecule has 1 amide bonds. The van der Waals surface area contributed by atoms with Gasteiger partial charge in [-0.25, -0.2) is 0 Å². The van der Waals surface area contributed by atoms with Crippen LogP contribution in [0.3, 0.4) is 0 Å². The van der Waals surface area contributed by atoms with E-state index in [9.17, 15) is 9.90 Å². The third kappa shape index (κ3) is 1.76. The number of likely N-dealkylation sites (tertiary alicyclic amines) is 1. The average molecular weight is 212 g/mol. The largest absolute Gasteiger partial charge is 0.396 e. The van der Waals surface area contributed by atoms with Gasteiger partial charge in [-0.2, -0.15) is 0 Å². The number of nitrogens with one attached hydrogen (secondary N) is 1. The molecule has 15 heavy (non-hydrogen) atoms. The van der Waals surface area contributed by atoms with E-state index in [-0.39, 0.29) is 17.9 Å². The van der Waals surface area contributed by atoms with Gasteiger partial charge in [-0.1, -0.05) is 6.42 Å². The van der Waals surface area contributed by atoms with Gasteiger partial charge in [0, 0.05) is 25.6 Å². The van der Waals surface area contributed by atoms with Crippen LogP contribution >= 0.6 is 0 Å². The van der Waals surface area contributed by atoms with Crippen LogP contribution in [-0.2, 0) is 4.79 Å². The molecule has 86 valence electrons. The molecule has 1 aliphatic heterocycles. The second-order valence-corrected chi connectivity index (χ2v) is 4.90. The van der Waals surface area contributed by atoms with Crippen LogP contribution in [-0.4, -0.2) is 49.2 Å². The second-order valence-electron chi connectivity index (χ2n) is 4.90. The maximum Gasteiger partial charge on any atom is 0.236 e. The lowest BCUT2D eigenvalue weighted by Gasteiger charge is -2.42. The number of nitrogens with zero attached hydrogens (tertiary/aromatic N) is 1. The molecule has 2 fully saturated rings. The first kappa shape index (κ1) is 10.9. The molecule has 0 radical (unpaired) electrons. The zero-order valence-corrected chi connectivity index (χ0v) is 9.33. The highest BCUT2D eigenvalue weighted by Crippen LogP contribution is 2.51. The average Bonchev–Trinajstić information content (AvgIpc) is 2.56. The fraction of sp³-hybridized carbons (Fsp3) is 0.909. The van der Waals surface area contributed by atoms with Crippen molar-refractivity contribution in [1.82, 2.24) is 10.2 Å². The van der Waals surface area contributed by atoms with Gasteiger partial charge in [0.2, 0.25) is 5.91 Å². The van der Waals surface area contributed by atoms with E-state index in [0.717, 1.165) is 13.1 Å². The molecule has 0 aromatic rings. The van der Waals surface area contributed by atoms with E-state index in [1.807, 2.05) is 4.90 Å². The van der Waals surface area contributed by atoms with E-state index < -0.39 is 0 Å². The van der Waals surface area contributed by atoms with Gasteiger partial charge in [0.15, 0.2) is 0 Å². The fourth-order valence-electron chi connectivity index (χ4n) is 2.94. The van der Waals surface area contributed by atoms with Crippen molar-refractivity contribution in [3.8, 4) is 0 Å². The van der Waals surface area contributed by atoms with E-state index in [1.165, 1.54) is 19.3 Å². The predicted molar refractivity (Wildman–Crippen MR) is 57.4 cm³/mol. The predicted octanol–water partition coefficient (Wildman–Crippen LogP) is -0.173. The summed E-state index contributed by atoms with van der Waals surface area (Å²) in [7, 11) is 1.79. The van der Waals surface area contributed by atoms with Crippen LogP contribution in [0.2, 0.25) is 0 Å². The Balaban J connectivity index is 1.98. The number of likely N-dealkylation sites (N-methyl/N-ethyl adjacent to an activating group) is 1. The minimum Gasteiger partial charge on any atom is -0.396 e. The van der Waals surface area contributed by atoms with Crippen LogP contribution in [0.25, 0.3) is 0 Å². The summed E-state index contributed by atoms with van der Waals surface area (Å²) >= 11 is 0. The van der Waals surface area contributed by atoms with E-state index >= 15 is 0 Å². The summed E-state index contributed by atoms with van der Waals surface area (Å²) in [6.45, 7) is 2.24. The van der Waals surface area contributed by atoms with E-state index in [1.54, 1.807) is 7.05 Å². The Hall–Kier alpha value is -0.610. The van der Waals surface area contributed by atoms with E-state index in [0.29, 0.717) is 12.5 Å². The van der Waals surface area contributed by atoms with Gasteiger partial charge < -0.3 is 15.3 Å². The zero-order valence-electron chi connectivity index (χ0n) is 9.33. The number of aliphatic hydroxyl groups excluding tert-OH is 1. The number of amides is 1. The molecule has 1 aliphatic carbocycles. The first-order chi connectivity index (χ1) is 7.22. The van der Waals surface area contributed by atoms with Gasteiger partial charge in [0.05, 0.1) is 6.54 Å². The Kier molecular flexibility index (Phi) is 2.98. The van der Waals surface area contributed by atoms with Gasteiger partial charge in [-0.3, -0.25) is 4.79 Å². The minimum absolute atomic E-state index is 0.166. The lowest BCUT2D eigenvalue weighted by atomic mass is 9.63. The SMILES string of the molecule is CNCC(=O)N1C[C@H](CO)C2(CCC2)C1. The smallest absolute Gasteiger partial charge is 0.236 e. The summed E-state index contributed by atoms with van der Waals surface area (Å²) in [6, 6.07) is 0. The van der Waals surface area contributed by atoms with Crippen molar-refractivity contribution >= 4 is 5.91 Å². The lowest BCUT2D eigenvalue weighted by molar-refractivity contribution is -0.129. The summed E-state index contributed by atoms with van der Waals surface area (Å²) in [5.74, 6) is 0.479. The Labute approximate surface area is 90.6 Å². The number of rotatable bonds is 3. The minimum atomic E-state index is 0.166. The van der Waals surface area contributed by atoms with Crippen LogP contribution in [0.4, 0.5) is 0 Å². The Morgan fingerprint density at radius 1 is 1.60 bits per heavy atom. The van der Waals surface area contributed by atoms with Crippen molar-refractivity contribution in [3.05, 3.63) is 0 Å². The molecule has 0 aromatic carbocycles. The quantitative estimate of drug-likeness (QED) is 0.683. The van der Waals surface area contributed by atoms with Crippen LogP contribution in [0.5, 0.6) is 0 Å². The third-order valence-electron chi connectivity index (χ3n) is 4.06. The first-order valence-electron chi connectivity index (χ1n) is 5.75. The van der Waals surface area contributed by atoms with Crippen molar-refractivity contribution in [2.75, 3.05) is 33.3 Å². The van der Waals surface area contributed by atoms with Crippen molar-refractivity contribution in [2.45, 2.75) is 19.3 Å². The van der Waals surface area contributed by atoms with Crippen molar-refractivity contribution in [2.24, 2.45) is 11.3 Å². The molecule has 2 aliphatic rings. The van der Waals surface area contributed by atoms with Gasteiger partial charge in [0.1, 0.15) is 0 Å².